The van der Waals surface area contributed by atoms with Crippen molar-refractivity contribution in [3.8, 4) is 0 Å². The van der Waals surface area contributed by atoms with E-state index in [2.05, 4.69) is 88.8 Å². The molecule has 1 atom stereocenters. The van der Waals surface area contributed by atoms with Gasteiger partial charge in [0.2, 0.25) is 0 Å². The third-order valence-electron chi connectivity index (χ3n) is 5.62. The molecular formula is C22H28N2. The van der Waals surface area contributed by atoms with Gasteiger partial charge in [0.25, 0.3) is 0 Å². The fourth-order valence-corrected chi connectivity index (χ4v) is 3.75. The highest BCUT2D eigenvalue weighted by Gasteiger charge is 2.38. The quantitative estimate of drug-likeness (QED) is 0.703. The SMILES string of the molecule is Cc1cc(C)c(C)c(C2(C)c3cc(C(C)C)ccc3N=CN2C)c1. The first kappa shape index (κ1) is 16.8. The van der Waals surface area contributed by atoms with Gasteiger partial charge in [0, 0.05) is 12.6 Å². The molecule has 2 aromatic rings. The molecule has 0 saturated carbocycles. The molecular weight excluding hydrogens is 292 g/mol. The third kappa shape index (κ3) is 2.45. The fraction of sp³-hybridized carbons (Fsp3) is 0.409. The zero-order valence-corrected chi connectivity index (χ0v) is 15.9. The second kappa shape index (κ2) is 5.77. The van der Waals surface area contributed by atoms with Gasteiger partial charge in [0.15, 0.2) is 0 Å². The zero-order chi connectivity index (χ0) is 17.6. The summed E-state index contributed by atoms with van der Waals surface area (Å²) in [5, 5.41) is 0. The van der Waals surface area contributed by atoms with Crippen LogP contribution < -0.4 is 0 Å². The number of hydrogen-bond acceptors (Lipinski definition) is 2. The number of aliphatic imine (C=N–C) groups is 1. The van der Waals surface area contributed by atoms with Crippen LogP contribution in [0.3, 0.4) is 0 Å². The minimum Gasteiger partial charge on any atom is -0.352 e. The van der Waals surface area contributed by atoms with Gasteiger partial charge in [-0.1, -0.05) is 43.7 Å². The van der Waals surface area contributed by atoms with Crippen molar-refractivity contribution in [2.75, 3.05) is 7.05 Å². The van der Waals surface area contributed by atoms with E-state index >= 15 is 0 Å². The Morgan fingerprint density at radius 3 is 2.38 bits per heavy atom. The Kier molecular flexibility index (Phi) is 4.03. The van der Waals surface area contributed by atoms with E-state index in [1.165, 1.54) is 33.4 Å². The maximum atomic E-state index is 4.67. The predicted octanol–water partition coefficient (Wildman–Crippen LogP) is 5.60. The summed E-state index contributed by atoms with van der Waals surface area (Å²) < 4.78 is 0. The molecule has 0 N–H and O–H groups in total. The van der Waals surface area contributed by atoms with Crippen LogP contribution in [0.2, 0.25) is 0 Å². The highest BCUT2D eigenvalue weighted by atomic mass is 15.2. The lowest BCUT2D eigenvalue weighted by Gasteiger charge is -2.43. The monoisotopic (exact) mass is 320 g/mol. The summed E-state index contributed by atoms with van der Waals surface area (Å²) in [5.41, 5.74) is 8.94. The molecule has 3 rings (SSSR count). The molecule has 126 valence electrons. The van der Waals surface area contributed by atoms with E-state index in [1.54, 1.807) is 0 Å². The first-order valence-electron chi connectivity index (χ1n) is 8.75. The third-order valence-corrected chi connectivity index (χ3v) is 5.62. The molecule has 0 aromatic heterocycles. The maximum absolute atomic E-state index is 4.67. The van der Waals surface area contributed by atoms with E-state index in [9.17, 15) is 0 Å². The average Bonchev–Trinajstić information content (AvgIpc) is 2.54. The number of fused-ring (bicyclic) bond motifs is 1. The summed E-state index contributed by atoms with van der Waals surface area (Å²) >= 11 is 0. The smallest absolute Gasteiger partial charge is 0.0919 e. The molecule has 1 heterocycles. The molecule has 1 aliphatic rings. The van der Waals surface area contributed by atoms with Crippen molar-refractivity contribution in [2.45, 2.75) is 53.0 Å². The predicted molar refractivity (Wildman–Crippen MR) is 104 cm³/mol. The van der Waals surface area contributed by atoms with Crippen molar-refractivity contribution < 1.29 is 0 Å². The second-order valence-corrected chi connectivity index (χ2v) is 7.61. The Morgan fingerprint density at radius 1 is 1.00 bits per heavy atom. The summed E-state index contributed by atoms with van der Waals surface area (Å²) in [6.07, 6.45) is 1.97. The standard InChI is InChI=1S/C22H28N2/c1-14(2)18-8-9-21-20(12-18)22(6,24(7)13-23-21)19-11-15(3)10-16(4)17(19)5/h8-14H,1-7H3. The number of hydrogen-bond donors (Lipinski definition) is 0. The largest absolute Gasteiger partial charge is 0.352 e. The van der Waals surface area contributed by atoms with E-state index in [4.69, 9.17) is 0 Å². The van der Waals surface area contributed by atoms with Crippen LogP contribution in [0, 0.1) is 20.8 Å². The molecule has 0 fully saturated rings. The minimum atomic E-state index is -0.206. The van der Waals surface area contributed by atoms with Gasteiger partial charge < -0.3 is 4.90 Å². The van der Waals surface area contributed by atoms with Crippen LogP contribution in [0.1, 0.15) is 60.1 Å². The van der Waals surface area contributed by atoms with Gasteiger partial charge in [0.05, 0.1) is 17.6 Å². The van der Waals surface area contributed by atoms with Crippen molar-refractivity contribution in [1.82, 2.24) is 4.90 Å². The van der Waals surface area contributed by atoms with E-state index < -0.39 is 0 Å². The fourth-order valence-electron chi connectivity index (χ4n) is 3.75. The van der Waals surface area contributed by atoms with E-state index in [-0.39, 0.29) is 5.54 Å². The van der Waals surface area contributed by atoms with Gasteiger partial charge in [-0.15, -0.1) is 0 Å². The minimum absolute atomic E-state index is 0.206. The summed E-state index contributed by atoms with van der Waals surface area (Å²) in [5.74, 6) is 0.510. The Balaban J connectivity index is 2.31. The Labute approximate surface area is 146 Å². The van der Waals surface area contributed by atoms with Crippen LogP contribution in [0.15, 0.2) is 35.3 Å². The number of nitrogens with zero attached hydrogens (tertiary/aromatic N) is 2. The van der Waals surface area contributed by atoms with Crippen molar-refractivity contribution in [3.05, 3.63) is 63.7 Å². The van der Waals surface area contributed by atoms with Gasteiger partial charge in [0.1, 0.15) is 0 Å². The molecule has 2 heteroatoms. The molecule has 0 radical (unpaired) electrons. The Morgan fingerprint density at radius 2 is 1.71 bits per heavy atom. The molecule has 0 spiro atoms. The van der Waals surface area contributed by atoms with Crippen LogP contribution in [-0.2, 0) is 5.54 Å². The summed E-state index contributed by atoms with van der Waals surface area (Å²) in [6, 6.07) is 11.3. The Hall–Kier alpha value is -2.09. The Bertz CT molecular complexity index is 817. The number of rotatable bonds is 2. The van der Waals surface area contributed by atoms with Crippen LogP contribution in [0.25, 0.3) is 0 Å². The van der Waals surface area contributed by atoms with E-state index in [1.807, 2.05) is 6.34 Å². The van der Waals surface area contributed by atoms with Gasteiger partial charge in [-0.3, -0.25) is 0 Å². The van der Waals surface area contributed by atoms with Gasteiger partial charge in [-0.05, 0) is 61.9 Å². The molecule has 0 bridgehead atoms. The van der Waals surface area contributed by atoms with Gasteiger partial charge in [-0.2, -0.15) is 0 Å². The first-order valence-corrected chi connectivity index (χ1v) is 8.75. The van der Waals surface area contributed by atoms with Crippen LogP contribution in [0.4, 0.5) is 5.69 Å². The molecule has 0 amide bonds. The van der Waals surface area contributed by atoms with E-state index in [0.717, 1.165) is 5.69 Å². The van der Waals surface area contributed by atoms with Gasteiger partial charge >= 0.3 is 0 Å². The van der Waals surface area contributed by atoms with Crippen LogP contribution in [0.5, 0.6) is 0 Å². The number of benzene rings is 2. The van der Waals surface area contributed by atoms with E-state index in [0.29, 0.717) is 5.92 Å². The maximum Gasteiger partial charge on any atom is 0.0919 e. The van der Waals surface area contributed by atoms with Crippen molar-refractivity contribution in [1.29, 1.82) is 0 Å². The normalized spacial score (nSPS) is 19.8. The van der Waals surface area contributed by atoms with Crippen molar-refractivity contribution in [2.24, 2.45) is 4.99 Å². The number of aryl methyl sites for hydroxylation is 2. The van der Waals surface area contributed by atoms with Crippen LogP contribution >= 0.6 is 0 Å². The lowest BCUT2D eigenvalue weighted by molar-refractivity contribution is 0.290. The lowest BCUT2D eigenvalue weighted by atomic mass is 9.77. The van der Waals surface area contributed by atoms with Gasteiger partial charge in [-0.25, -0.2) is 4.99 Å². The highest BCUT2D eigenvalue weighted by molar-refractivity contribution is 5.72. The van der Waals surface area contributed by atoms with Crippen LogP contribution in [-0.4, -0.2) is 18.3 Å². The molecule has 1 unspecified atom stereocenters. The molecule has 2 nitrogen and oxygen atoms in total. The topological polar surface area (TPSA) is 15.6 Å². The first-order chi connectivity index (χ1) is 11.2. The highest BCUT2D eigenvalue weighted by Crippen LogP contribution is 2.44. The summed E-state index contributed by atoms with van der Waals surface area (Å²) in [7, 11) is 2.13. The average molecular weight is 320 g/mol. The zero-order valence-electron chi connectivity index (χ0n) is 15.9. The molecule has 0 aliphatic carbocycles. The molecule has 2 aromatic carbocycles. The molecule has 0 saturated heterocycles. The molecule has 24 heavy (non-hydrogen) atoms. The molecule has 1 aliphatic heterocycles. The lowest BCUT2D eigenvalue weighted by Crippen LogP contribution is -2.44. The van der Waals surface area contributed by atoms with Crippen molar-refractivity contribution >= 4 is 12.0 Å². The van der Waals surface area contributed by atoms with Crippen molar-refractivity contribution in [3.63, 3.8) is 0 Å². The summed E-state index contributed by atoms with van der Waals surface area (Å²) in [4.78, 5) is 6.92. The second-order valence-electron chi connectivity index (χ2n) is 7.61. The summed E-state index contributed by atoms with van der Waals surface area (Å²) in [6.45, 7) is 13.4.